The van der Waals surface area contributed by atoms with E-state index in [2.05, 4.69) is 10.5 Å². The van der Waals surface area contributed by atoms with Crippen LogP contribution in [-0.4, -0.2) is 35.1 Å². The summed E-state index contributed by atoms with van der Waals surface area (Å²) in [4.78, 5) is 24.9. The number of halogens is 1. The lowest BCUT2D eigenvalue weighted by molar-refractivity contribution is -0.118. The third-order valence-corrected chi connectivity index (χ3v) is 6.37. The van der Waals surface area contributed by atoms with Gasteiger partial charge < -0.3 is 14.9 Å². The monoisotopic (exact) mass is 473 g/mol. The minimum Gasteiger partial charge on any atom is -0.465 e. The number of carboxylic acid groups (broad SMARTS) is 1. The van der Waals surface area contributed by atoms with E-state index >= 15 is 0 Å². The van der Waals surface area contributed by atoms with Crippen LogP contribution < -0.4 is 10.2 Å². The third kappa shape index (κ3) is 5.26. The van der Waals surface area contributed by atoms with Crippen LogP contribution in [0.4, 0.5) is 10.5 Å². The van der Waals surface area contributed by atoms with Gasteiger partial charge in [0.2, 0.25) is 5.91 Å². The molecule has 2 N–H and O–H groups in total. The Balaban J connectivity index is 1.90. The molecule has 0 spiro atoms. The fourth-order valence-corrected chi connectivity index (χ4v) is 4.49. The van der Waals surface area contributed by atoms with Crippen LogP contribution in [0.5, 0.6) is 0 Å². The molecule has 3 rings (SSSR count). The maximum atomic E-state index is 12.3. The van der Waals surface area contributed by atoms with Crippen molar-refractivity contribution in [3.63, 3.8) is 0 Å². The van der Waals surface area contributed by atoms with Crippen LogP contribution in [0.1, 0.15) is 29.8 Å². The van der Waals surface area contributed by atoms with Crippen molar-refractivity contribution >= 4 is 41.1 Å². The molecular weight excluding hydrogens is 450 g/mol. The van der Waals surface area contributed by atoms with Gasteiger partial charge in [0.05, 0.1) is 11.8 Å². The first-order chi connectivity index (χ1) is 15.3. The van der Waals surface area contributed by atoms with E-state index in [1.807, 2.05) is 30.3 Å². The lowest BCUT2D eigenvalue weighted by atomic mass is 10.0. The summed E-state index contributed by atoms with van der Waals surface area (Å²) in [6.07, 6.45) is -1.13. The fraction of sp³-hybridized carbons (Fsp3) is 0.261. The van der Waals surface area contributed by atoms with Crippen LogP contribution in [-0.2, 0) is 10.5 Å². The van der Waals surface area contributed by atoms with Crippen molar-refractivity contribution in [1.82, 2.24) is 10.5 Å². The van der Waals surface area contributed by atoms with Crippen LogP contribution in [0, 0.1) is 6.92 Å². The van der Waals surface area contributed by atoms with Gasteiger partial charge in [0, 0.05) is 23.4 Å². The van der Waals surface area contributed by atoms with E-state index in [4.69, 9.17) is 16.1 Å². The second-order valence-electron chi connectivity index (χ2n) is 7.16. The summed E-state index contributed by atoms with van der Waals surface area (Å²) >= 11 is 7.84. The average Bonchev–Trinajstić information content (AvgIpc) is 3.15. The zero-order valence-electron chi connectivity index (χ0n) is 18.0. The maximum absolute atomic E-state index is 12.3. The normalized spacial score (nSPS) is 11.8. The molecule has 32 heavy (non-hydrogen) atoms. The minimum atomic E-state index is -1.13. The first-order valence-corrected chi connectivity index (χ1v) is 11.5. The molecule has 1 aromatic heterocycles. The summed E-state index contributed by atoms with van der Waals surface area (Å²) < 4.78 is 5.55. The van der Waals surface area contributed by atoms with Crippen LogP contribution in [0.15, 0.2) is 53.1 Å². The smallest absolute Gasteiger partial charge is 0.412 e. The highest BCUT2D eigenvalue weighted by Crippen LogP contribution is 2.39. The molecule has 7 nitrogen and oxygen atoms in total. The number of amides is 2. The van der Waals surface area contributed by atoms with Crippen molar-refractivity contribution in [2.75, 3.05) is 17.7 Å². The van der Waals surface area contributed by atoms with Gasteiger partial charge in [0.1, 0.15) is 11.4 Å². The Bertz CT molecular complexity index is 1100. The summed E-state index contributed by atoms with van der Waals surface area (Å²) in [7, 11) is 1.61. The number of carbonyl (C=O) groups excluding carboxylic acids is 1. The molecule has 0 radical (unpaired) electrons. The van der Waals surface area contributed by atoms with Gasteiger partial charge in [-0.15, -0.1) is 11.8 Å². The van der Waals surface area contributed by atoms with Crippen LogP contribution >= 0.6 is 23.4 Å². The highest BCUT2D eigenvalue weighted by molar-refractivity contribution is 7.99. The molecule has 1 heterocycles. The van der Waals surface area contributed by atoms with E-state index in [1.54, 1.807) is 39.1 Å². The molecule has 2 aromatic carbocycles. The molecule has 168 valence electrons. The molecule has 2 amide bonds. The van der Waals surface area contributed by atoms with Gasteiger partial charge in [0.15, 0.2) is 5.76 Å². The van der Waals surface area contributed by atoms with E-state index in [0.717, 1.165) is 5.56 Å². The number of anilines is 1. The lowest BCUT2D eigenvalue weighted by Crippen LogP contribution is -2.33. The molecule has 3 aromatic rings. The molecule has 0 fully saturated rings. The average molecular weight is 474 g/mol. The zero-order valence-corrected chi connectivity index (χ0v) is 19.5. The van der Waals surface area contributed by atoms with Crippen molar-refractivity contribution in [2.45, 2.75) is 25.6 Å². The van der Waals surface area contributed by atoms with Gasteiger partial charge in [-0.3, -0.25) is 9.69 Å². The van der Waals surface area contributed by atoms with Crippen molar-refractivity contribution < 1.29 is 19.2 Å². The van der Waals surface area contributed by atoms with E-state index in [-0.39, 0.29) is 5.91 Å². The quantitative estimate of drug-likeness (QED) is 0.446. The molecule has 0 aliphatic rings. The topological polar surface area (TPSA) is 95.7 Å². The van der Waals surface area contributed by atoms with Crippen LogP contribution in [0.25, 0.3) is 11.3 Å². The Labute approximate surface area is 195 Å². The van der Waals surface area contributed by atoms with Crippen molar-refractivity contribution in [1.29, 1.82) is 0 Å². The Hall–Kier alpha value is -2.97. The Morgan fingerprint density at radius 3 is 2.53 bits per heavy atom. The standard InChI is InChI=1S/C23H24ClN3O4S/c1-14-21(27(23(29)30)15(2)18-6-4-5-7-19(18)24)22(31-26-14)17-10-8-16(9-11-17)12-32-13-20(28)25-3/h4-11,15H,12-13H2,1-3H3,(H,25,28)(H,29,30). The Morgan fingerprint density at radius 2 is 1.91 bits per heavy atom. The number of aromatic nitrogens is 1. The lowest BCUT2D eigenvalue weighted by Gasteiger charge is -2.27. The highest BCUT2D eigenvalue weighted by Gasteiger charge is 2.31. The zero-order chi connectivity index (χ0) is 23.3. The summed E-state index contributed by atoms with van der Waals surface area (Å²) in [5.74, 6) is 1.42. The van der Waals surface area contributed by atoms with Gasteiger partial charge >= 0.3 is 6.09 Å². The second kappa shape index (κ2) is 10.6. The van der Waals surface area contributed by atoms with Crippen molar-refractivity contribution in [3.8, 4) is 11.3 Å². The second-order valence-corrected chi connectivity index (χ2v) is 8.55. The number of nitrogens with one attached hydrogen (secondary N) is 1. The SMILES string of the molecule is CNC(=O)CSCc1ccc(-c2onc(C)c2N(C(=O)O)C(C)c2ccccc2Cl)cc1. The van der Waals surface area contributed by atoms with E-state index < -0.39 is 12.1 Å². The summed E-state index contributed by atoms with van der Waals surface area (Å²) in [5.41, 5.74) is 3.28. The largest absolute Gasteiger partial charge is 0.465 e. The number of carbonyl (C=O) groups is 2. The van der Waals surface area contributed by atoms with E-state index in [0.29, 0.717) is 44.8 Å². The number of hydrogen-bond acceptors (Lipinski definition) is 5. The van der Waals surface area contributed by atoms with E-state index in [9.17, 15) is 14.7 Å². The third-order valence-electron chi connectivity index (χ3n) is 5.02. The van der Waals surface area contributed by atoms with Gasteiger partial charge in [0.25, 0.3) is 0 Å². The first kappa shape index (κ1) is 23.7. The Morgan fingerprint density at radius 1 is 1.22 bits per heavy atom. The maximum Gasteiger partial charge on any atom is 0.412 e. The van der Waals surface area contributed by atoms with Crippen LogP contribution in [0.2, 0.25) is 5.02 Å². The van der Waals surface area contributed by atoms with Gasteiger partial charge in [-0.05, 0) is 31.0 Å². The summed E-state index contributed by atoms with van der Waals surface area (Å²) in [6, 6.07) is 14.2. The summed E-state index contributed by atoms with van der Waals surface area (Å²) in [5, 5.41) is 17.2. The molecule has 0 aliphatic carbocycles. The Kier molecular flexibility index (Phi) is 7.82. The van der Waals surface area contributed by atoms with Crippen molar-refractivity contribution in [2.24, 2.45) is 0 Å². The number of thioether (sulfide) groups is 1. The van der Waals surface area contributed by atoms with Gasteiger partial charge in [-0.2, -0.15) is 0 Å². The molecule has 0 aliphatic heterocycles. The highest BCUT2D eigenvalue weighted by atomic mass is 35.5. The molecule has 0 bridgehead atoms. The molecule has 1 unspecified atom stereocenters. The molecular formula is C23H24ClN3O4S. The van der Waals surface area contributed by atoms with E-state index in [1.165, 1.54) is 16.7 Å². The number of benzene rings is 2. The number of nitrogens with zero attached hydrogens (tertiary/aromatic N) is 2. The van der Waals surface area contributed by atoms with Crippen molar-refractivity contribution in [3.05, 3.63) is 70.4 Å². The fourth-order valence-electron chi connectivity index (χ4n) is 3.33. The van der Waals surface area contributed by atoms with Gasteiger partial charge in [-0.25, -0.2) is 4.79 Å². The number of aryl methyl sites for hydroxylation is 1. The van der Waals surface area contributed by atoms with Gasteiger partial charge in [-0.1, -0.05) is 59.2 Å². The minimum absolute atomic E-state index is 0.0187. The molecule has 1 atom stereocenters. The predicted molar refractivity (Wildman–Crippen MR) is 127 cm³/mol. The predicted octanol–water partition coefficient (Wildman–Crippen LogP) is 5.53. The van der Waals surface area contributed by atoms with Crippen LogP contribution in [0.3, 0.4) is 0 Å². The number of hydrogen-bond donors (Lipinski definition) is 2. The summed E-state index contributed by atoms with van der Waals surface area (Å²) in [6.45, 7) is 3.49. The number of rotatable bonds is 8. The molecule has 9 heteroatoms. The molecule has 0 saturated heterocycles. The first-order valence-electron chi connectivity index (χ1n) is 9.94. The molecule has 0 saturated carbocycles.